The number of unbranched alkanes of at least 4 members (excludes halogenated alkanes) is 10. The van der Waals surface area contributed by atoms with Crippen LogP contribution in [0.1, 0.15) is 90.9 Å². The number of hydrogen-bond donors (Lipinski definition) is 2. The van der Waals surface area contributed by atoms with E-state index in [0.29, 0.717) is 19.8 Å². The van der Waals surface area contributed by atoms with Gasteiger partial charge in [-0.1, -0.05) is 78.1 Å². The molecule has 0 aliphatic rings. The van der Waals surface area contributed by atoms with Crippen LogP contribution in [0.4, 0.5) is 0 Å². The second-order valence-electron chi connectivity index (χ2n) is 6.89. The van der Waals surface area contributed by atoms with Crippen molar-refractivity contribution in [3.8, 4) is 0 Å². The van der Waals surface area contributed by atoms with E-state index >= 15 is 0 Å². The SMILES string of the molecule is CCCCCCCCOC[C@@H](COP(=O)(O)O)OCCCCCCCC.S. The normalized spacial score (nSPS) is 12.7. The van der Waals surface area contributed by atoms with Crippen molar-refractivity contribution < 1.29 is 28.3 Å². The van der Waals surface area contributed by atoms with E-state index in [1.807, 2.05) is 0 Å². The van der Waals surface area contributed by atoms with Gasteiger partial charge in [0.25, 0.3) is 0 Å². The fourth-order valence-corrected chi connectivity index (χ4v) is 3.02. The summed E-state index contributed by atoms with van der Waals surface area (Å²) in [5, 5.41) is 0. The van der Waals surface area contributed by atoms with Gasteiger partial charge in [0, 0.05) is 13.2 Å². The summed E-state index contributed by atoms with van der Waals surface area (Å²) in [7, 11) is -4.47. The van der Waals surface area contributed by atoms with Crippen molar-refractivity contribution in [3.63, 3.8) is 0 Å². The molecule has 0 aromatic rings. The Labute approximate surface area is 173 Å². The number of hydrogen-bond acceptors (Lipinski definition) is 4. The minimum Gasteiger partial charge on any atom is -0.379 e. The third kappa shape index (κ3) is 24.3. The molecule has 0 saturated heterocycles. The lowest BCUT2D eigenvalue weighted by molar-refractivity contribution is -0.0429. The first-order valence-corrected chi connectivity index (χ1v) is 11.9. The summed E-state index contributed by atoms with van der Waals surface area (Å²) in [4.78, 5) is 17.7. The molecule has 0 spiro atoms. The summed E-state index contributed by atoms with van der Waals surface area (Å²) >= 11 is 0. The van der Waals surface area contributed by atoms with E-state index < -0.39 is 13.9 Å². The fourth-order valence-electron chi connectivity index (χ4n) is 2.66. The molecule has 0 unspecified atom stereocenters. The fraction of sp³-hybridized carbons (Fsp3) is 1.00. The summed E-state index contributed by atoms with van der Waals surface area (Å²) in [5.74, 6) is 0. The van der Waals surface area contributed by atoms with Crippen LogP contribution in [0.15, 0.2) is 0 Å². The molecule has 0 amide bonds. The van der Waals surface area contributed by atoms with Crippen LogP contribution >= 0.6 is 21.3 Å². The minimum atomic E-state index is -4.47. The quantitative estimate of drug-likeness (QED) is 0.201. The number of phosphoric acid groups is 1. The van der Waals surface area contributed by atoms with Crippen LogP contribution in [0.3, 0.4) is 0 Å². The molecule has 6 nitrogen and oxygen atoms in total. The smallest absolute Gasteiger partial charge is 0.379 e. The molecule has 27 heavy (non-hydrogen) atoms. The Kier molecular flexibility index (Phi) is 23.1. The maximum Gasteiger partial charge on any atom is 0.469 e. The largest absolute Gasteiger partial charge is 0.469 e. The summed E-state index contributed by atoms with van der Waals surface area (Å²) in [6, 6.07) is 0. The zero-order valence-corrected chi connectivity index (χ0v) is 19.3. The van der Waals surface area contributed by atoms with Gasteiger partial charge in [0.05, 0.1) is 13.2 Å². The predicted molar refractivity (Wildman–Crippen MR) is 116 cm³/mol. The molecule has 2 N–H and O–H groups in total. The molecule has 166 valence electrons. The van der Waals surface area contributed by atoms with E-state index in [4.69, 9.17) is 19.3 Å². The highest BCUT2D eigenvalue weighted by Crippen LogP contribution is 2.35. The third-order valence-corrected chi connectivity index (χ3v) is 4.71. The van der Waals surface area contributed by atoms with Crippen molar-refractivity contribution in [2.24, 2.45) is 0 Å². The number of ether oxygens (including phenoxy) is 2. The topological polar surface area (TPSA) is 85.2 Å². The third-order valence-electron chi connectivity index (χ3n) is 4.23. The molecule has 0 aromatic carbocycles. The molecular weight excluding hydrogens is 387 g/mol. The molecule has 0 rings (SSSR count). The highest BCUT2D eigenvalue weighted by atomic mass is 32.1. The molecule has 8 heteroatoms. The number of phosphoric ester groups is 1. The van der Waals surface area contributed by atoms with Gasteiger partial charge in [0.2, 0.25) is 0 Å². The molecule has 0 heterocycles. The lowest BCUT2D eigenvalue weighted by Gasteiger charge is -2.18. The summed E-state index contributed by atoms with van der Waals surface area (Å²) in [5.41, 5.74) is 0. The Morgan fingerprint density at radius 3 is 1.74 bits per heavy atom. The second-order valence-corrected chi connectivity index (χ2v) is 8.13. The van der Waals surface area contributed by atoms with Crippen molar-refractivity contribution in [2.75, 3.05) is 26.4 Å². The molecule has 0 radical (unpaired) electrons. The van der Waals surface area contributed by atoms with E-state index in [-0.39, 0.29) is 20.1 Å². The first-order valence-electron chi connectivity index (χ1n) is 10.4. The van der Waals surface area contributed by atoms with Crippen LogP contribution in [0.5, 0.6) is 0 Å². The average molecular weight is 431 g/mol. The molecule has 0 aromatic heterocycles. The van der Waals surface area contributed by atoms with Gasteiger partial charge in [-0.3, -0.25) is 4.52 Å². The maximum absolute atomic E-state index is 10.9. The van der Waals surface area contributed by atoms with Gasteiger partial charge < -0.3 is 19.3 Å². The van der Waals surface area contributed by atoms with Crippen LogP contribution in [0, 0.1) is 0 Å². The van der Waals surface area contributed by atoms with Gasteiger partial charge >= 0.3 is 7.82 Å². The van der Waals surface area contributed by atoms with Crippen LogP contribution in [0.25, 0.3) is 0 Å². The van der Waals surface area contributed by atoms with Crippen LogP contribution in [-0.2, 0) is 18.6 Å². The lowest BCUT2D eigenvalue weighted by Crippen LogP contribution is -2.26. The number of rotatable bonds is 20. The van der Waals surface area contributed by atoms with E-state index in [1.54, 1.807) is 0 Å². The van der Waals surface area contributed by atoms with Crippen molar-refractivity contribution in [3.05, 3.63) is 0 Å². The Balaban J connectivity index is 0. The van der Waals surface area contributed by atoms with Crippen LogP contribution in [-0.4, -0.2) is 42.3 Å². The van der Waals surface area contributed by atoms with Crippen molar-refractivity contribution >= 4 is 21.3 Å². The standard InChI is InChI=1S/C19H41O6P.H2S/c1-3-5-7-9-11-13-15-23-17-19(18-25-26(20,21)22)24-16-14-12-10-8-6-4-2;/h19H,3-18H2,1-2H3,(H2,20,21,22);1H2/t19-;/m0./s1. The summed E-state index contributed by atoms with van der Waals surface area (Å²) in [6.45, 7) is 5.79. The Morgan fingerprint density at radius 2 is 1.22 bits per heavy atom. The van der Waals surface area contributed by atoms with Gasteiger partial charge in [0.1, 0.15) is 6.10 Å². The summed E-state index contributed by atoms with van der Waals surface area (Å²) in [6.07, 6.45) is 13.8. The predicted octanol–water partition coefficient (Wildman–Crippen LogP) is 5.33. The molecule has 0 fully saturated rings. The van der Waals surface area contributed by atoms with Gasteiger partial charge in [-0.05, 0) is 12.8 Å². The first kappa shape index (κ1) is 29.6. The van der Waals surface area contributed by atoms with Crippen molar-refractivity contribution in [1.29, 1.82) is 0 Å². The monoisotopic (exact) mass is 430 g/mol. The maximum atomic E-state index is 10.9. The Morgan fingerprint density at radius 1 is 0.741 bits per heavy atom. The van der Waals surface area contributed by atoms with Gasteiger partial charge in [-0.25, -0.2) is 4.57 Å². The highest BCUT2D eigenvalue weighted by Gasteiger charge is 2.19. The average Bonchev–Trinajstić information content (AvgIpc) is 2.59. The van der Waals surface area contributed by atoms with E-state index in [1.165, 1.54) is 51.4 Å². The van der Waals surface area contributed by atoms with E-state index in [9.17, 15) is 4.57 Å². The minimum absolute atomic E-state index is 0. The van der Waals surface area contributed by atoms with E-state index in [2.05, 4.69) is 18.4 Å². The molecule has 0 aliphatic carbocycles. The molecule has 1 atom stereocenters. The van der Waals surface area contributed by atoms with Crippen LogP contribution < -0.4 is 0 Å². The zero-order valence-electron chi connectivity index (χ0n) is 17.4. The molecule has 0 aliphatic heterocycles. The van der Waals surface area contributed by atoms with Gasteiger partial charge in [0.15, 0.2) is 0 Å². The lowest BCUT2D eigenvalue weighted by atomic mass is 10.1. The highest BCUT2D eigenvalue weighted by molar-refractivity contribution is 7.59. The van der Waals surface area contributed by atoms with E-state index in [0.717, 1.165) is 25.7 Å². The Bertz CT molecular complexity index is 340. The van der Waals surface area contributed by atoms with Crippen molar-refractivity contribution in [1.82, 2.24) is 0 Å². The van der Waals surface area contributed by atoms with Crippen molar-refractivity contribution in [2.45, 2.75) is 97.0 Å². The van der Waals surface area contributed by atoms with Crippen LogP contribution in [0.2, 0.25) is 0 Å². The molecule has 0 saturated carbocycles. The molecular formula is C19H43O6PS. The van der Waals surface area contributed by atoms with Gasteiger partial charge in [-0.15, -0.1) is 0 Å². The van der Waals surface area contributed by atoms with Gasteiger partial charge in [-0.2, -0.15) is 13.5 Å². The summed E-state index contributed by atoms with van der Waals surface area (Å²) < 4.78 is 26.8. The Hall–Kier alpha value is 0.380. The zero-order chi connectivity index (χ0) is 19.5. The molecule has 0 bridgehead atoms. The first-order chi connectivity index (χ1) is 12.5. The second kappa shape index (κ2) is 21.1.